The number of Topliss-reactive ketones (excluding diaryl/α,β-unsaturated/α-hetero) is 1. The van der Waals surface area contributed by atoms with Crippen molar-refractivity contribution in [2.45, 2.75) is 19.9 Å². The van der Waals surface area contributed by atoms with Crippen LogP contribution in [0, 0.1) is 5.92 Å². The molecular formula is C13H18N2O3. The van der Waals surface area contributed by atoms with Crippen molar-refractivity contribution >= 4 is 11.9 Å². The number of ether oxygens (including phenoxy) is 1. The molecule has 0 radical (unpaired) electrons. The van der Waals surface area contributed by atoms with Crippen molar-refractivity contribution in [2.24, 2.45) is 11.8 Å². The number of carbonyl (C=O) groups excluding carboxylic acids is 2. The summed E-state index contributed by atoms with van der Waals surface area (Å²) < 4.78 is 4.55. The molecule has 0 bridgehead atoms. The molecule has 1 rings (SSSR count). The van der Waals surface area contributed by atoms with Crippen LogP contribution < -0.4 is 5.84 Å². The van der Waals surface area contributed by atoms with Gasteiger partial charge < -0.3 is 4.74 Å². The summed E-state index contributed by atoms with van der Waals surface area (Å²) in [5.74, 6) is 5.32. The predicted octanol–water partition coefficient (Wildman–Crippen LogP) is 1.89. The van der Waals surface area contributed by atoms with Gasteiger partial charge in [0.05, 0.1) is 7.11 Å². The van der Waals surface area contributed by atoms with Gasteiger partial charge in [0.2, 0.25) is 0 Å². The lowest BCUT2D eigenvalue weighted by molar-refractivity contribution is -0.127. The number of hydrogen-bond donors (Lipinski definition) is 1. The number of nitrogens with zero attached hydrogens (tertiary/aromatic N) is 1. The van der Waals surface area contributed by atoms with Gasteiger partial charge in [0, 0.05) is 5.92 Å². The Hall–Kier alpha value is -1.88. The first-order chi connectivity index (χ1) is 8.49. The second kappa shape index (κ2) is 6.16. The van der Waals surface area contributed by atoms with Crippen LogP contribution >= 0.6 is 0 Å². The molecule has 1 aromatic carbocycles. The van der Waals surface area contributed by atoms with E-state index in [1.54, 1.807) is 38.1 Å². The van der Waals surface area contributed by atoms with Crippen LogP contribution in [0.5, 0.6) is 0 Å². The molecule has 1 aromatic rings. The monoisotopic (exact) mass is 250 g/mol. The van der Waals surface area contributed by atoms with E-state index in [4.69, 9.17) is 5.84 Å². The van der Waals surface area contributed by atoms with Gasteiger partial charge in [0.15, 0.2) is 5.78 Å². The fourth-order valence-corrected chi connectivity index (χ4v) is 1.62. The number of hydrazine groups is 1. The molecule has 0 aliphatic heterocycles. The number of carbonyl (C=O) groups is 2. The van der Waals surface area contributed by atoms with Gasteiger partial charge in [-0.3, -0.25) is 4.79 Å². The summed E-state index contributed by atoms with van der Waals surface area (Å²) in [5.41, 5.74) is 0.670. The first-order valence-electron chi connectivity index (χ1n) is 5.69. The number of methoxy groups -OCH3 is 1. The summed E-state index contributed by atoms with van der Waals surface area (Å²) in [6.45, 7) is 3.53. The first kappa shape index (κ1) is 14.2. The topological polar surface area (TPSA) is 72.6 Å². The lowest BCUT2D eigenvalue weighted by Gasteiger charge is -2.26. The number of amides is 1. The molecule has 0 aromatic heterocycles. The van der Waals surface area contributed by atoms with Crippen LogP contribution in [0.15, 0.2) is 30.3 Å². The molecule has 18 heavy (non-hydrogen) atoms. The zero-order valence-electron chi connectivity index (χ0n) is 10.8. The Morgan fingerprint density at radius 3 is 2.22 bits per heavy atom. The average Bonchev–Trinajstić information content (AvgIpc) is 2.38. The molecule has 2 N–H and O–H groups in total. The number of ketones is 1. The molecule has 0 saturated carbocycles. The SMILES string of the molecule is COC(=O)N(N)C(C(=O)C(C)C)c1ccccc1. The maximum Gasteiger partial charge on any atom is 0.424 e. The Labute approximate surface area is 106 Å². The molecule has 0 fully saturated rings. The van der Waals surface area contributed by atoms with Crippen LogP contribution in [0.3, 0.4) is 0 Å². The van der Waals surface area contributed by atoms with Crippen molar-refractivity contribution in [3.63, 3.8) is 0 Å². The molecular weight excluding hydrogens is 232 g/mol. The summed E-state index contributed by atoms with van der Waals surface area (Å²) >= 11 is 0. The highest BCUT2D eigenvalue weighted by atomic mass is 16.5. The first-order valence-corrected chi connectivity index (χ1v) is 5.69. The van der Waals surface area contributed by atoms with Gasteiger partial charge in [-0.15, -0.1) is 0 Å². The van der Waals surface area contributed by atoms with Crippen molar-refractivity contribution in [1.29, 1.82) is 0 Å². The van der Waals surface area contributed by atoms with Gasteiger partial charge in [-0.05, 0) is 5.56 Å². The number of benzene rings is 1. The van der Waals surface area contributed by atoms with Crippen molar-refractivity contribution in [3.05, 3.63) is 35.9 Å². The van der Waals surface area contributed by atoms with E-state index in [2.05, 4.69) is 4.74 Å². The van der Waals surface area contributed by atoms with Crippen molar-refractivity contribution in [3.8, 4) is 0 Å². The van der Waals surface area contributed by atoms with Crippen molar-refractivity contribution in [2.75, 3.05) is 7.11 Å². The van der Waals surface area contributed by atoms with Gasteiger partial charge in [-0.2, -0.15) is 0 Å². The molecule has 1 atom stereocenters. The zero-order chi connectivity index (χ0) is 13.7. The van der Waals surface area contributed by atoms with E-state index in [1.807, 2.05) is 6.07 Å². The highest BCUT2D eigenvalue weighted by Crippen LogP contribution is 2.23. The summed E-state index contributed by atoms with van der Waals surface area (Å²) in [5, 5.41) is 0.831. The second-order valence-corrected chi connectivity index (χ2v) is 4.25. The number of rotatable bonds is 4. The molecule has 5 heteroatoms. The van der Waals surface area contributed by atoms with E-state index in [0.29, 0.717) is 5.56 Å². The van der Waals surface area contributed by atoms with Gasteiger partial charge in [0.25, 0.3) is 0 Å². The molecule has 0 spiro atoms. The van der Waals surface area contributed by atoms with E-state index in [0.717, 1.165) is 5.01 Å². The fourth-order valence-electron chi connectivity index (χ4n) is 1.62. The predicted molar refractivity (Wildman–Crippen MR) is 67.5 cm³/mol. The zero-order valence-corrected chi connectivity index (χ0v) is 10.8. The molecule has 0 heterocycles. The van der Waals surface area contributed by atoms with Crippen molar-refractivity contribution in [1.82, 2.24) is 5.01 Å². The molecule has 5 nitrogen and oxygen atoms in total. The molecule has 0 aliphatic carbocycles. The normalized spacial score (nSPS) is 12.1. The smallest absolute Gasteiger partial charge is 0.424 e. The van der Waals surface area contributed by atoms with E-state index >= 15 is 0 Å². The molecule has 1 amide bonds. The van der Waals surface area contributed by atoms with Crippen LogP contribution in [0.4, 0.5) is 4.79 Å². The lowest BCUT2D eigenvalue weighted by Crippen LogP contribution is -2.45. The second-order valence-electron chi connectivity index (χ2n) is 4.25. The van der Waals surface area contributed by atoms with Crippen LogP contribution in [0.25, 0.3) is 0 Å². The van der Waals surface area contributed by atoms with Gasteiger partial charge in [-0.1, -0.05) is 44.2 Å². The third-order valence-corrected chi connectivity index (χ3v) is 2.62. The minimum absolute atomic E-state index is 0.130. The quantitative estimate of drug-likeness (QED) is 0.503. The Bertz CT molecular complexity index is 418. The Morgan fingerprint density at radius 1 is 1.22 bits per heavy atom. The van der Waals surface area contributed by atoms with E-state index in [9.17, 15) is 9.59 Å². The fraction of sp³-hybridized carbons (Fsp3) is 0.385. The van der Waals surface area contributed by atoms with Crippen LogP contribution in [0.2, 0.25) is 0 Å². The summed E-state index contributed by atoms with van der Waals surface area (Å²) in [6, 6.07) is 8.11. The van der Waals surface area contributed by atoms with Crippen molar-refractivity contribution < 1.29 is 14.3 Å². The highest BCUT2D eigenvalue weighted by molar-refractivity contribution is 5.89. The van der Waals surface area contributed by atoms with Gasteiger partial charge in [-0.25, -0.2) is 15.6 Å². The van der Waals surface area contributed by atoms with Crippen LogP contribution in [-0.2, 0) is 9.53 Å². The van der Waals surface area contributed by atoms with E-state index < -0.39 is 12.1 Å². The summed E-state index contributed by atoms with van der Waals surface area (Å²) in [4.78, 5) is 23.7. The Morgan fingerprint density at radius 2 is 1.78 bits per heavy atom. The third-order valence-electron chi connectivity index (χ3n) is 2.62. The maximum absolute atomic E-state index is 12.2. The minimum atomic E-state index is -0.821. The molecule has 98 valence electrons. The highest BCUT2D eigenvalue weighted by Gasteiger charge is 2.31. The largest absolute Gasteiger partial charge is 0.452 e. The maximum atomic E-state index is 12.2. The average molecular weight is 250 g/mol. The Balaban J connectivity index is 3.11. The Kier molecular flexibility index (Phi) is 4.85. The number of hydrogen-bond acceptors (Lipinski definition) is 4. The molecule has 0 aliphatic rings. The minimum Gasteiger partial charge on any atom is -0.452 e. The molecule has 0 saturated heterocycles. The molecule has 1 unspecified atom stereocenters. The van der Waals surface area contributed by atoms with Crippen LogP contribution in [-0.4, -0.2) is 24.0 Å². The lowest BCUT2D eigenvalue weighted by atomic mass is 9.95. The van der Waals surface area contributed by atoms with Gasteiger partial charge >= 0.3 is 6.09 Å². The summed E-state index contributed by atoms with van der Waals surface area (Å²) in [7, 11) is 1.23. The van der Waals surface area contributed by atoms with Gasteiger partial charge in [0.1, 0.15) is 6.04 Å². The van der Waals surface area contributed by atoms with E-state index in [1.165, 1.54) is 7.11 Å². The number of nitrogens with two attached hydrogens (primary N) is 1. The van der Waals surface area contributed by atoms with E-state index in [-0.39, 0.29) is 11.7 Å². The third kappa shape index (κ3) is 3.07. The summed E-state index contributed by atoms with van der Waals surface area (Å²) in [6.07, 6.45) is -0.738. The van der Waals surface area contributed by atoms with Crippen LogP contribution in [0.1, 0.15) is 25.5 Å². The standard InChI is InChI=1S/C13H18N2O3/c1-9(2)12(16)11(15(14)13(17)18-3)10-7-5-4-6-8-10/h4-9,11H,14H2,1-3H3.